The lowest BCUT2D eigenvalue weighted by Gasteiger charge is -2.34. The molecule has 18 nitrogen and oxygen atoms in total. The molecule has 2 aliphatic carbocycles. The third-order valence-corrected chi connectivity index (χ3v) is 15.7. The second kappa shape index (κ2) is 26.7. The number of carbonyl (C=O) groups is 4. The number of nitrogens with one attached hydrogen (secondary N) is 2. The number of fused-ring (bicyclic) bond motifs is 2. The van der Waals surface area contributed by atoms with Crippen LogP contribution in [-0.2, 0) is 50.6 Å². The van der Waals surface area contributed by atoms with Gasteiger partial charge in [0, 0.05) is 24.8 Å². The first-order chi connectivity index (χ1) is 41.5. The molecule has 2 atom stereocenters. The van der Waals surface area contributed by atoms with Crippen molar-refractivity contribution in [2.24, 2.45) is 11.5 Å². The number of hydrogen-bond donors (Lipinski definition) is 7. The molecule has 6 aromatic heterocycles. The largest absolute Gasteiger partial charge is 0.490 e. The number of hydrogen-bond acceptors (Lipinski definition) is 17. The molecule has 0 saturated carbocycles. The van der Waals surface area contributed by atoms with Gasteiger partial charge in [0.2, 0.25) is 0 Å². The highest BCUT2D eigenvalue weighted by atomic mass is 32.1. The van der Waals surface area contributed by atoms with Crippen molar-refractivity contribution in [3.8, 4) is 21.1 Å². The topological polar surface area (TPSA) is 292 Å². The maximum absolute atomic E-state index is 13.1. The van der Waals surface area contributed by atoms with Crippen molar-refractivity contribution in [2.75, 3.05) is 17.7 Å². The zero-order valence-corrected chi connectivity index (χ0v) is 47.8. The average molecular weight is 1290 g/mol. The fraction of sp³-hybridized carbons (Fsp3) is 0.263. The van der Waals surface area contributed by atoms with Crippen molar-refractivity contribution in [1.82, 2.24) is 29.9 Å². The van der Waals surface area contributed by atoms with Crippen LogP contribution < -0.4 is 22.1 Å². The Morgan fingerprint density at radius 2 is 0.921 bits per heavy atom. The number of aryl methyl sites for hydroxylation is 4. The van der Waals surface area contributed by atoms with Crippen LogP contribution in [0.5, 0.6) is 0 Å². The quantitative estimate of drug-likeness (QED) is 0.0494. The van der Waals surface area contributed by atoms with E-state index < -0.39 is 70.8 Å². The molecule has 0 spiro atoms. The molecule has 0 bridgehead atoms. The predicted molar refractivity (Wildman–Crippen MR) is 300 cm³/mol. The van der Waals surface area contributed by atoms with Crippen molar-refractivity contribution in [3.63, 3.8) is 0 Å². The standard InChI is InChI=1S/C27H24F3N5O2S.C26H22F3N5O2S.2C2HF3O2/c1-15-10-20(34-23(11-15)35-22-13-18(7-9-32-22)27(28,29)30)21-14-33-25(38-21)26(31)8-3-4-16-12-17(24(36)37-2)5-6-19(16)26;1-14-9-19(33-22(10-14)34-21-12-17(6-8-31-21)26(27,28)29)20-13-32-24(37-20)25(30)7-2-3-15-11-16(23(35)36)4-5-18(15)25;2*3-2(4,5)1(6)7/h5-7,9-14H,3-4,8,31H2,1-2H3,(H,32,34,35);4-6,8-13H,2-3,7,30H2,1H3,(H,35,36)(H,31,33,34);2*(H,6,7). The summed E-state index contributed by atoms with van der Waals surface area (Å²) in [7, 11) is 1.35. The SMILES string of the molecule is COC(=O)c1ccc2c(c1)CCCC2(N)c1ncc(-c2cc(C)cc(Nc3cc(C(F)(F)F)ccn3)n2)s1.Cc1cc(Nc2cc(C(F)(F)F)ccn2)nc(-c2cnc(C3(N)CCCc4cc(C(=O)O)ccc43)s2)c1.O=C(O)C(F)(F)F.O=C(O)C(F)(F)F. The van der Waals surface area contributed by atoms with E-state index in [1.807, 2.05) is 38.1 Å². The molecule has 89 heavy (non-hydrogen) atoms. The lowest BCUT2D eigenvalue weighted by molar-refractivity contribution is -0.193. The maximum Gasteiger partial charge on any atom is 0.490 e. The highest BCUT2D eigenvalue weighted by Crippen LogP contribution is 2.44. The van der Waals surface area contributed by atoms with Gasteiger partial charge in [-0.3, -0.25) is 0 Å². The molecular formula is C57H48F12N10O8S2. The van der Waals surface area contributed by atoms with Crippen LogP contribution in [0.4, 0.5) is 76.0 Å². The molecule has 0 amide bonds. The lowest BCUT2D eigenvalue weighted by Crippen LogP contribution is -2.41. The lowest BCUT2D eigenvalue weighted by atomic mass is 9.77. The van der Waals surface area contributed by atoms with Crippen LogP contribution in [0.15, 0.2) is 110 Å². The van der Waals surface area contributed by atoms with Crippen molar-refractivity contribution in [3.05, 3.63) is 175 Å². The second-order valence-electron chi connectivity index (χ2n) is 19.8. The summed E-state index contributed by atoms with van der Waals surface area (Å²) in [5.74, 6) is -6.11. The van der Waals surface area contributed by atoms with Gasteiger partial charge in [0.05, 0.1) is 61.6 Å². The normalized spacial score (nSPS) is 16.3. The molecule has 8 aromatic rings. The molecule has 6 heterocycles. The number of pyridine rings is 4. The first-order valence-corrected chi connectivity index (χ1v) is 27.4. The molecule has 2 aromatic carbocycles. The number of aromatic nitrogens is 6. The Morgan fingerprint density at radius 1 is 0.539 bits per heavy atom. The van der Waals surface area contributed by atoms with Crippen LogP contribution in [0.1, 0.15) is 101 Å². The van der Waals surface area contributed by atoms with E-state index in [-0.39, 0.29) is 17.2 Å². The van der Waals surface area contributed by atoms with Gasteiger partial charge in [-0.15, -0.1) is 22.7 Å². The first kappa shape index (κ1) is 67.4. The number of rotatable bonds is 10. The van der Waals surface area contributed by atoms with Gasteiger partial charge in [-0.1, -0.05) is 12.1 Å². The fourth-order valence-corrected chi connectivity index (χ4v) is 11.2. The Bertz CT molecular complexity index is 3910. The number of halogens is 12. The van der Waals surface area contributed by atoms with Gasteiger partial charge >= 0.3 is 48.6 Å². The van der Waals surface area contributed by atoms with E-state index in [0.29, 0.717) is 46.4 Å². The number of thiazole rings is 2. The summed E-state index contributed by atoms with van der Waals surface area (Å²) in [6.07, 6.45) is -8.99. The molecule has 0 fully saturated rings. The zero-order valence-electron chi connectivity index (χ0n) is 46.2. The van der Waals surface area contributed by atoms with E-state index in [4.69, 9.17) is 36.0 Å². The number of alkyl halides is 12. The number of carboxylic acids is 3. The monoisotopic (exact) mass is 1290 g/mol. The minimum Gasteiger partial charge on any atom is -0.478 e. The Balaban J connectivity index is 0.000000209. The van der Waals surface area contributed by atoms with E-state index in [1.165, 1.54) is 29.8 Å². The summed E-state index contributed by atoms with van der Waals surface area (Å²) in [5.41, 5.74) is 17.9. The number of ether oxygens (including phenoxy) is 1. The Labute approximate surface area is 503 Å². The molecule has 470 valence electrons. The van der Waals surface area contributed by atoms with E-state index in [2.05, 4.69) is 40.5 Å². The van der Waals surface area contributed by atoms with Crippen molar-refractivity contribution >= 4 is 69.8 Å². The molecule has 10 rings (SSSR count). The Morgan fingerprint density at radius 3 is 1.28 bits per heavy atom. The number of carbonyl (C=O) groups excluding carboxylic acids is 1. The van der Waals surface area contributed by atoms with Gasteiger partial charge in [-0.25, -0.2) is 49.1 Å². The van der Waals surface area contributed by atoms with E-state index in [0.717, 1.165) is 110 Å². The highest BCUT2D eigenvalue weighted by Gasteiger charge is 2.41. The molecule has 32 heteroatoms. The van der Waals surface area contributed by atoms with E-state index in [1.54, 1.807) is 48.8 Å². The van der Waals surface area contributed by atoms with Gasteiger partial charge in [-0.05, 0) is 159 Å². The van der Waals surface area contributed by atoms with Gasteiger partial charge in [-0.2, -0.15) is 52.7 Å². The third kappa shape index (κ3) is 16.7. The van der Waals surface area contributed by atoms with E-state index >= 15 is 0 Å². The third-order valence-electron chi connectivity index (χ3n) is 13.3. The summed E-state index contributed by atoms with van der Waals surface area (Å²) in [4.78, 5) is 69.1. The average Bonchev–Trinajstić information content (AvgIpc) is 1.77. The maximum atomic E-state index is 13.1. The smallest absolute Gasteiger partial charge is 0.478 e. The number of methoxy groups -OCH3 is 1. The van der Waals surface area contributed by atoms with Crippen molar-refractivity contribution in [2.45, 2.75) is 88.2 Å². The van der Waals surface area contributed by atoms with Crippen LogP contribution in [0.3, 0.4) is 0 Å². The number of nitrogens with two attached hydrogens (primary N) is 2. The number of aromatic carboxylic acids is 1. The fourth-order valence-electron chi connectivity index (χ4n) is 9.20. The van der Waals surface area contributed by atoms with Crippen LogP contribution >= 0.6 is 22.7 Å². The summed E-state index contributed by atoms with van der Waals surface area (Å²) in [5, 5.41) is 30.7. The van der Waals surface area contributed by atoms with Crippen LogP contribution in [0.2, 0.25) is 0 Å². The molecule has 0 radical (unpaired) electrons. The minimum absolute atomic E-state index is 0.0318. The number of aliphatic carboxylic acids is 2. The summed E-state index contributed by atoms with van der Waals surface area (Å²) >= 11 is 2.80. The van der Waals surface area contributed by atoms with Gasteiger partial charge < -0.3 is 42.2 Å². The zero-order chi connectivity index (χ0) is 65.6. The number of nitrogens with zero attached hydrogens (tertiary/aromatic N) is 6. The van der Waals surface area contributed by atoms with Crippen molar-refractivity contribution in [1.29, 1.82) is 0 Å². The van der Waals surface area contributed by atoms with E-state index in [9.17, 15) is 67.4 Å². The summed E-state index contributed by atoms with van der Waals surface area (Å²) in [6.45, 7) is 3.73. The molecule has 9 N–H and O–H groups in total. The van der Waals surface area contributed by atoms with Crippen LogP contribution in [0, 0.1) is 13.8 Å². The number of benzene rings is 2. The van der Waals surface area contributed by atoms with Gasteiger partial charge in [0.1, 0.15) is 33.3 Å². The van der Waals surface area contributed by atoms with Crippen LogP contribution in [0.25, 0.3) is 21.1 Å². The first-order valence-electron chi connectivity index (χ1n) is 25.8. The second-order valence-corrected chi connectivity index (χ2v) is 21.9. The number of esters is 1. The molecule has 2 unspecified atom stereocenters. The Kier molecular flexibility index (Phi) is 20.2. The number of carboxylic acid groups (broad SMARTS) is 3. The highest BCUT2D eigenvalue weighted by molar-refractivity contribution is 7.15. The Hall–Kier alpha value is -9.14. The number of anilines is 4. The molecular weight excluding hydrogens is 1240 g/mol. The van der Waals surface area contributed by atoms with Gasteiger partial charge in [0.15, 0.2) is 0 Å². The van der Waals surface area contributed by atoms with Crippen molar-refractivity contribution < 1.29 is 91.9 Å². The summed E-state index contributed by atoms with van der Waals surface area (Å²) < 4.78 is 147. The predicted octanol–water partition coefficient (Wildman–Crippen LogP) is 13.2. The van der Waals surface area contributed by atoms with Gasteiger partial charge in [0.25, 0.3) is 0 Å². The molecule has 0 aliphatic heterocycles. The summed E-state index contributed by atoms with van der Waals surface area (Å²) in [6, 6.07) is 21.3. The molecule has 2 aliphatic rings. The minimum atomic E-state index is -5.08. The van der Waals surface area contributed by atoms with Crippen LogP contribution in [-0.4, -0.2) is 88.6 Å². The molecule has 0 saturated heterocycles.